The van der Waals surface area contributed by atoms with Crippen molar-refractivity contribution in [2.45, 2.75) is 71.6 Å². The smallest absolute Gasteiger partial charge is 0.219 e. The molecule has 0 spiro atoms. The van der Waals surface area contributed by atoms with Crippen molar-refractivity contribution < 1.29 is 4.79 Å². The van der Waals surface area contributed by atoms with E-state index < -0.39 is 0 Å². The third-order valence-electron chi connectivity index (χ3n) is 4.52. The zero-order valence-corrected chi connectivity index (χ0v) is 18.1. The molecule has 0 aromatic rings. The molecule has 6 nitrogen and oxygen atoms in total. The van der Waals surface area contributed by atoms with Gasteiger partial charge in [-0.25, -0.2) is 0 Å². The van der Waals surface area contributed by atoms with Crippen LogP contribution in [0, 0.1) is 5.92 Å². The van der Waals surface area contributed by atoms with Gasteiger partial charge in [-0.1, -0.05) is 20.3 Å². The van der Waals surface area contributed by atoms with E-state index in [4.69, 9.17) is 5.73 Å². The summed E-state index contributed by atoms with van der Waals surface area (Å²) >= 11 is 0. The summed E-state index contributed by atoms with van der Waals surface area (Å²) in [6, 6.07) is 0. The van der Waals surface area contributed by atoms with Crippen molar-refractivity contribution in [2.24, 2.45) is 11.7 Å². The molecule has 0 rings (SSSR count). The Morgan fingerprint density at radius 3 is 1.89 bits per heavy atom. The van der Waals surface area contributed by atoms with Crippen LogP contribution in [0.2, 0.25) is 0 Å². The minimum Gasteiger partial charge on any atom is -0.356 e. The molecule has 0 fully saturated rings. The first-order valence-electron chi connectivity index (χ1n) is 11.3. The van der Waals surface area contributed by atoms with Gasteiger partial charge in [-0.2, -0.15) is 0 Å². The van der Waals surface area contributed by atoms with E-state index in [0.29, 0.717) is 6.42 Å². The van der Waals surface area contributed by atoms with Crippen LogP contribution in [-0.2, 0) is 4.79 Å². The molecule has 0 bridgehead atoms. The highest BCUT2D eigenvalue weighted by molar-refractivity contribution is 5.75. The van der Waals surface area contributed by atoms with E-state index in [1.54, 1.807) is 0 Å². The Morgan fingerprint density at radius 2 is 1.26 bits per heavy atom. The number of unbranched alkanes of at least 4 members (excludes halogenated alkanes) is 3. The van der Waals surface area contributed by atoms with Crippen LogP contribution >= 0.6 is 0 Å². The molecule has 0 aromatic heterocycles. The Bertz CT molecular complexity index is 313. The Morgan fingerprint density at radius 1 is 0.704 bits per heavy atom. The van der Waals surface area contributed by atoms with Crippen LogP contribution in [0.15, 0.2) is 0 Å². The molecule has 0 heterocycles. The van der Waals surface area contributed by atoms with E-state index in [2.05, 4.69) is 35.1 Å². The zero-order valence-electron chi connectivity index (χ0n) is 18.1. The summed E-state index contributed by atoms with van der Waals surface area (Å²) in [5.41, 5.74) is 5.45. The number of carbonyl (C=O) groups is 1. The minimum absolute atomic E-state index is 0.200. The summed E-state index contributed by atoms with van der Waals surface area (Å²) in [5.74, 6) is 0.969. The second kappa shape index (κ2) is 21.6. The van der Waals surface area contributed by atoms with E-state index >= 15 is 0 Å². The van der Waals surface area contributed by atoms with Gasteiger partial charge >= 0.3 is 0 Å². The second-order valence-corrected chi connectivity index (χ2v) is 7.80. The number of nitrogens with two attached hydrogens (primary N) is 1. The summed E-state index contributed by atoms with van der Waals surface area (Å²) in [4.78, 5) is 11.8. The number of amides is 1. The van der Waals surface area contributed by atoms with Gasteiger partial charge in [0.2, 0.25) is 5.91 Å². The van der Waals surface area contributed by atoms with Crippen molar-refractivity contribution >= 4 is 5.91 Å². The van der Waals surface area contributed by atoms with Crippen molar-refractivity contribution in [3.8, 4) is 0 Å². The maximum absolute atomic E-state index is 11.8. The molecule has 0 radical (unpaired) electrons. The monoisotopic (exact) mass is 385 g/mol. The average Bonchev–Trinajstić information content (AvgIpc) is 2.64. The highest BCUT2D eigenvalue weighted by atomic mass is 16.1. The van der Waals surface area contributed by atoms with Crippen molar-refractivity contribution in [1.29, 1.82) is 0 Å². The Balaban J connectivity index is 3.15. The quantitative estimate of drug-likeness (QED) is 0.195. The third kappa shape index (κ3) is 23.3. The first kappa shape index (κ1) is 26.3. The summed E-state index contributed by atoms with van der Waals surface area (Å²) < 4.78 is 0. The first-order chi connectivity index (χ1) is 13.2. The number of hydrogen-bond donors (Lipinski definition) is 5. The maximum atomic E-state index is 11.8. The minimum atomic E-state index is 0.200. The fraction of sp³-hybridized carbons (Fsp3) is 0.952. The van der Waals surface area contributed by atoms with E-state index in [1.165, 1.54) is 19.3 Å². The Labute approximate surface area is 168 Å². The number of hydrogen-bond acceptors (Lipinski definition) is 5. The molecular formula is C21H47N5O. The molecule has 0 aliphatic carbocycles. The lowest BCUT2D eigenvalue weighted by molar-refractivity contribution is -0.121. The van der Waals surface area contributed by atoms with Crippen molar-refractivity contribution in [1.82, 2.24) is 21.3 Å². The van der Waals surface area contributed by atoms with E-state index in [-0.39, 0.29) is 5.91 Å². The van der Waals surface area contributed by atoms with Crippen LogP contribution in [0.1, 0.15) is 71.6 Å². The van der Waals surface area contributed by atoms with Crippen LogP contribution in [-0.4, -0.2) is 58.3 Å². The lowest BCUT2D eigenvalue weighted by Crippen LogP contribution is -2.27. The maximum Gasteiger partial charge on any atom is 0.219 e. The van der Waals surface area contributed by atoms with Crippen molar-refractivity contribution in [3.05, 3.63) is 0 Å². The summed E-state index contributed by atoms with van der Waals surface area (Å²) in [7, 11) is 0. The molecule has 1 amide bonds. The van der Waals surface area contributed by atoms with Gasteiger partial charge in [-0.15, -0.1) is 0 Å². The van der Waals surface area contributed by atoms with Crippen LogP contribution in [0.25, 0.3) is 0 Å². The van der Waals surface area contributed by atoms with Crippen LogP contribution in [0.3, 0.4) is 0 Å². The molecule has 6 heteroatoms. The van der Waals surface area contributed by atoms with Gasteiger partial charge in [0, 0.05) is 13.0 Å². The predicted molar refractivity (Wildman–Crippen MR) is 117 cm³/mol. The largest absolute Gasteiger partial charge is 0.356 e. The molecule has 162 valence electrons. The highest BCUT2D eigenvalue weighted by Gasteiger charge is 2.00. The van der Waals surface area contributed by atoms with Gasteiger partial charge in [0.15, 0.2) is 0 Å². The summed E-state index contributed by atoms with van der Waals surface area (Å²) in [6.45, 7) is 12.4. The molecule has 6 N–H and O–H groups in total. The topological polar surface area (TPSA) is 91.2 Å². The van der Waals surface area contributed by atoms with E-state index in [9.17, 15) is 4.79 Å². The SMILES string of the molecule is CC(C)CCNCCCCCC(=O)NCCCNCCCCNCCCN. The van der Waals surface area contributed by atoms with Crippen molar-refractivity contribution in [2.75, 3.05) is 52.4 Å². The summed E-state index contributed by atoms with van der Waals surface area (Å²) in [5, 5.41) is 13.3. The van der Waals surface area contributed by atoms with E-state index in [1.807, 2.05) is 0 Å². The van der Waals surface area contributed by atoms with Crippen LogP contribution in [0.5, 0.6) is 0 Å². The standard InChI is InChI=1S/C21H47N5O/c1-20(2)11-19-25-13-5-3-4-10-21(27)26-18-9-17-24-15-7-6-14-23-16-8-12-22/h20,23-25H,3-19,22H2,1-2H3,(H,26,27). The highest BCUT2D eigenvalue weighted by Crippen LogP contribution is 2.00. The van der Waals surface area contributed by atoms with Crippen molar-refractivity contribution in [3.63, 3.8) is 0 Å². The van der Waals surface area contributed by atoms with Gasteiger partial charge in [0.05, 0.1) is 0 Å². The molecular weight excluding hydrogens is 338 g/mol. The van der Waals surface area contributed by atoms with Gasteiger partial charge < -0.3 is 27.0 Å². The lowest BCUT2D eigenvalue weighted by Gasteiger charge is -2.08. The molecule has 0 unspecified atom stereocenters. The predicted octanol–water partition coefficient (Wildman–Crippen LogP) is 2.00. The molecule has 0 aromatic carbocycles. The molecule has 0 aliphatic rings. The fourth-order valence-electron chi connectivity index (χ4n) is 2.73. The molecule has 0 aliphatic heterocycles. The summed E-state index contributed by atoms with van der Waals surface area (Å²) in [6.07, 6.45) is 9.63. The number of nitrogens with one attached hydrogen (secondary N) is 4. The molecule has 0 saturated carbocycles. The number of rotatable bonds is 21. The fourth-order valence-corrected chi connectivity index (χ4v) is 2.73. The van der Waals surface area contributed by atoms with Gasteiger partial charge in [-0.05, 0) is 96.7 Å². The third-order valence-corrected chi connectivity index (χ3v) is 4.52. The van der Waals surface area contributed by atoms with Crippen LogP contribution in [0.4, 0.5) is 0 Å². The molecule has 27 heavy (non-hydrogen) atoms. The Kier molecular flexibility index (Phi) is 21.1. The van der Waals surface area contributed by atoms with Gasteiger partial charge in [-0.3, -0.25) is 4.79 Å². The number of carbonyl (C=O) groups excluding carboxylic acids is 1. The normalized spacial score (nSPS) is 11.3. The lowest BCUT2D eigenvalue weighted by atomic mass is 10.1. The average molecular weight is 386 g/mol. The Hall–Kier alpha value is -0.690. The van der Waals surface area contributed by atoms with E-state index in [0.717, 1.165) is 90.4 Å². The first-order valence-corrected chi connectivity index (χ1v) is 11.3. The van der Waals surface area contributed by atoms with Gasteiger partial charge in [0.25, 0.3) is 0 Å². The molecule has 0 atom stereocenters. The second-order valence-electron chi connectivity index (χ2n) is 7.80. The molecule has 0 saturated heterocycles. The zero-order chi connectivity index (χ0) is 20.0. The van der Waals surface area contributed by atoms with Gasteiger partial charge in [0.1, 0.15) is 0 Å². The van der Waals surface area contributed by atoms with Crippen LogP contribution < -0.4 is 27.0 Å².